The third-order valence-corrected chi connectivity index (χ3v) is 2.79. The standard InChI is InChI=1S/C14H13NO/c1-14(2)8-7-12-13(15-9-14)10-5-3-4-6-11(10)16-12/h3-9H,1-2H3. The minimum atomic E-state index is -0.0113. The maximum Gasteiger partial charge on any atom is 0.153 e. The molecule has 0 unspecified atom stereocenters. The van der Waals surface area contributed by atoms with E-state index in [4.69, 9.17) is 4.42 Å². The molecule has 1 aromatic heterocycles. The molecule has 0 fully saturated rings. The monoisotopic (exact) mass is 211 g/mol. The Morgan fingerprint density at radius 1 is 1.19 bits per heavy atom. The minimum absolute atomic E-state index is 0.0113. The Hall–Kier alpha value is -1.83. The molecule has 3 rings (SSSR count). The van der Waals surface area contributed by atoms with E-state index in [0.29, 0.717) is 0 Å². The first-order valence-electron chi connectivity index (χ1n) is 5.42. The molecule has 2 nitrogen and oxygen atoms in total. The van der Waals surface area contributed by atoms with Crippen molar-refractivity contribution < 1.29 is 4.42 Å². The SMILES string of the molecule is CC1(C)C=Cc2oc3ccccc3c2N=C1. The van der Waals surface area contributed by atoms with Crippen LogP contribution >= 0.6 is 0 Å². The van der Waals surface area contributed by atoms with Crippen LogP contribution < -0.4 is 0 Å². The lowest BCUT2D eigenvalue weighted by molar-refractivity contribution is 0.604. The first kappa shape index (κ1) is 9.40. The number of benzene rings is 1. The van der Waals surface area contributed by atoms with Gasteiger partial charge < -0.3 is 4.42 Å². The van der Waals surface area contributed by atoms with Crippen molar-refractivity contribution in [2.24, 2.45) is 10.4 Å². The first-order valence-corrected chi connectivity index (χ1v) is 5.42. The fourth-order valence-electron chi connectivity index (χ4n) is 1.86. The van der Waals surface area contributed by atoms with E-state index in [1.54, 1.807) is 0 Å². The number of hydrogen-bond donors (Lipinski definition) is 0. The summed E-state index contributed by atoms with van der Waals surface area (Å²) in [7, 11) is 0. The van der Waals surface area contributed by atoms with E-state index >= 15 is 0 Å². The number of hydrogen-bond acceptors (Lipinski definition) is 2. The van der Waals surface area contributed by atoms with Crippen LogP contribution in [0.3, 0.4) is 0 Å². The van der Waals surface area contributed by atoms with Gasteiger partial charge in [-0.1, -0.05) is 32.1 Å². The lowest BCUT2D eigenvalue weighted by Gasteiger charge is -2.10. The van der Waals surface area contributed by atoms with Gasteiger partial charge in [0.05, 0.1) is 0 Å². The lowest BCUT2D eigenvalue weighted by Crippen LogP contribution is -2.07. The third-order valence-electron chi connectivity index (χ3n) is 2.79. The van der Waals surface area contributed by atoms with Gasteiger partial charge in [-0.2, -0.15) is 0 Å². The number of fused-ring (bicyclic) bond motifs is 3. The van der Waals surface area contributed by atoms with Crippen molar-refractivity contribution in [2.75, 3.05) is 0 Å². The van der Waals surface area contributed by atoms with Crippen LogP contribution in [0, 0.1) is 5.41 Å². The Kier molecular flexibility index (Phi) is 1.81. The summed E-state index contributed by atoms with van der Waals surface area (Å²) >= 11 is 0. The van der Waals surface area contributed by atoms with Crippen LogP contribution in [0.2, 0.25) is 0 Å². The van der Waals surface area contributed by atoms with E-state index in [9.17, 15) is 0 Å². The Balaban J connectivity index is 2.30. The van der Waals surface area contributed by atoms with Crippen LogP contribution in [-0.4, -0.2) is 6.21 Å². The van der Waals surface area contributed by atoms with Crippen LogP contribution in [0.4, 0.5) is 5.69 Å². The summed E-state index contributed by atoms with van der Waals surface area (Å²) in [4.78, 5) is 4.55. The average Bonchev–Trinajstić information content (AvgIpc) is 2.54. The summed E-state index contributed by atoms with van der Waals surface area (Å²) < 4.78 is 5.76. The number of rotatable bonds is 0. The molecular formula is C14H13NO. The zero-order valence-corrected chi connectivity index (χ0v) is 9.40. The molecule has 0 bridgehead atoms. The molecule has 2 heterocycles. The molecule has 1 aromatic carbocycles. The predicted molar refractivity (Wildman–Crippen MR) is 67.2 cm³/mol. The molecule has 16 heavy (non-hydrogen) atoms. The van der Waals surface area contributed by atoms with Crippen LogP contribution in [0.1, 0.15) is 19.6 Å². The van der Waals surface area contributed by atoms with Gasteiger partial charge >= 0.3 is 0 Å². The van der Waals surface area contributed by atoms with E-state index in [0.717, 1.165) is 22.4 Å². The van der Waals surface area contributed by atoms with Gasteiger partial charge in [-0.3, -0.25) is 4.99 Å². The van der Waals surface area contributed by atoms with Gasteiger partial charge in [0.25, 0.3) is 0 Å². The van der Waals surface area contributed by atoms with Crippen LogP contribution in [0.5, 0.6) is 0 Å². The second kappa shape index (κ2) is 3.08. The van der Waals surface area contributed by atoms with Crippen molar-refractivity contribution in [1.29, 1.82) is 0 Å². The molecule has 0 aliphatic carbocycles. The Morgan fingerprint density at radius 2 is 2.00 bits per heavy atom. The fraction of sp³-hybridized carbons (Fsp3) is 0.214. The molecule has 1 aliphatic rings. The van der Waals surface area contributed by atoms with E-state index in [1.165, 1.54) is 0 Å². The molecule has 0 saturated carbocycles. The molecule has 0 saturated heterocycles. The topological polar surface area (TPSA) is 25.5 Å². The molecule has 0 N–H and O–H groups in total. The van der Waals surface area contributed by atoms with Crippen molar-refractivity contribution in [3.05, 3.63) is 36.1 Å². The van der Waals surface area contributed by atoms with Gasteiger partial charge in [-0.25, -0.2) is 0 Å². The number of allylic oxidation sites excluding steroid dienone is 1. The van der Waals surface area contributed by atoms with Crippen LogP contribution in [0.15, 0.2) is 39.8 Å². The highest BCUT2D eigenvalue weighted by Gasteiger charge is 2.18. The molecular weight excluding hydrogens is 198 g/mol. The molecule has 80 valence electrons. The van der Waals surface area contributed by atoms with Crippen molar-refractivity contribution in [3.63, 3.8) is 0 Å². The average molecular weight is 211 g/mol. The van der Waals surface area contributed by atoms with Gasteiger partial charge in [0.15, 0.2) is 5.76 Å². The molecule has 0 amide bonds. The highest BCUT2D eigenvalue weighted by molar-refractivity contribution is 5.96. The number of aliphatic imine (C=N–C) groups is 1. The molecule has 0 radical (unpaired) electrons. The normalized spacial score (nSPS) is 17.4. The maximum atomic E-state index is 5.76. The summed E-state index contributed by atoms with van der Waals surface area (Å²) in [6.45, 7) is 4.25. The highest BCUT2D eigenvalue weighted by Crippen LogP contribution is 2.36. The van der Waals surface area contributed by atoms with Crippen LogP contribution in [-0.2, 0) is 0 Å². The summed E-state index contributed by atoms with van der Waals surface area (Å²) in [5, 5.41) is 1.08. The highest BCUT2D eigenvalue weighted by atomic mass is 16.3. The predicted octanol–water partition coefficient (Wildman–Crippen LogP) is 4.19. The van der Waals surface area contributed by atoms with E-state index in [2.05, 4.69) is 24.9 Å². The Morgan fingerprint density at radius 3 is 2.88 bits per heavy atom. The van der Waals surface area contributed by atoms with E-state index in [-0.39, 0.29) is 5.41 Å². The number of para-hydroxylation sites is 1. The van der Waals surface area contributed by atoms with Crippen molar-refractivity contribution in [2.45, 2.75) is 13.8 Å². The summed E-state index contributed by atoms with van der Waals surface area (Å²) in [5.41, 5.74) is 1.83. The summed E-state index contributed by atoms with van der Waals surface area (Å²) in [5.74, 6) is 0.850. The molecule has 2 heteroatoms. The minimum Gasteiger partial charge on any atom is -0.454 e. The van der Waals surface area contributed by atoms with Gasteiger partial charge in [-0.05, 0) is 18.2 Å². The second-order valence-corrected chi connectivity index (χ2v) is 4.72. The molecule has 0 atom stereocenters. The maximum absolute atomic E-state index is 5.76. The Bertz CT molecular complexity index is 602. The summed E-state index contributed by atoms with van der Waals surface area (Å²) in [6, 6.07) is 8.00. The van der Waals surface area contributed by atoms with Gasteiger partial charge in [0.2, 0.25) is 0 Å². The van der Waals surface area contributed by atoms with Crippen molar-refractivity contribution in [3.8, 4) is 0 Å². The first-order chi connectivity index (χ1) is 7.66. The zero-order chi connectivity index (χ0) is 11.2. The smallest absolute Gasteiger partial charge is 0.153 e. The van der Waals surface area contributed by atoms with Crippen LogP contribution in [0.25, 0.3) is 17.0 Å². The van der Waals surface area contributed by atoms with E-state index in [1.807, 2.05) is 36.6 Å². The number of nitrogens with zero attached hydrogens (tertiary/aromatic N) is 1. The van der Waals surface area contributed by atoms with Gasteiger partial charge in [0.1, 0.15) is 11.3 Å². The molecule has 1 aliphatic heterocycles. The van der Waals surface area contributed by atoms with E-state index < -0.39 is 0 Å². The molecule has 2 aromatic rings. The largest absolute Gasteiger partial charge is 0.454 e. The molecule has 0 spiro atoms. The second-order valence-electron chi connectivity index (χ2n) is 4.72. The van der Waals surface area contributed by atoms with Gasteiger partial charge in [0, 0.05) is 17.0 Å². The summed E-state index contributed by atoms with van der Waals surface area (Å²) in [6.07, 6.45) is 6.10. The Labute approximate surface area is 94.3 Å². The van der Waals surface area contributed by atoms with Gasteiger partial charge in [-0.15, -0.1) is 0 Å². The lowest BCUT2D eigenvalue weighted by atomic mass is 9.95. The number of furan rings is 1. The van der Waals surface area contributed by atoms with Crippen molar-refractivity contribution >= 4 is 28.9 Å². The third kappa shape index (κ3) is 1.38. The zero-order valence-electron chi connectivity index (χ0n) is 9.40. The van der Waals surface area contributed by atoms with Crippen molar-refractivity contribution in [1.82, 2.24) is 0 Å². The fourth-order valence-corrected chi connectivity index (χ4v) is 1.86. The quantitative estimate of drug-likeness (QED) is 0.641.